The fourth-order valence-corrected chi connectivity index (χ4v) is 3.59. The summed E-state index contributed by atoms with van der Waals surface area (Å²) < 4.78 is 40.7. The van der Waals surface area contributed by atoms with Gasteiger partial charge in [-0.25, -0.2) is 4.39 Å². The molecule has 1 amide bonds. The SMILES string of the molecule is CCNC(=O)C1CC(c2ccc(F)cc2)NS(=O)(=O)N1C. The molecular weight excluding hydrogens is 297 g/mol. The maximum Gasteiger partial charge on any atom is 0.280 e. The van der Waals surface area contributed by atoms with Crippen molar-refractivity contribution >= 4 is 16.1 Å². The molecule has 21 heavy (non-hydrogen) atoms. The lowest BCUT2D eigenvalue weighted by Gasteiger charge is -2.36. The lowest BCUT2D eigenvalue weighted by Crippen LogP contribution is -2.57. The van der Waals surface area contributed by atoms with Crippen molar-refractivity contribution in [2.24, 2.45) is 0 Å². The molecule has 2 rings (SSSR count). The second kappa shape index (κ2) is 6.08. The fraction of sp³-hybridized carbons (Fsp3) is 0.462. The van der Waals surface area contributed by atoms with E-state index in [1.54, 1.807) is 6.92 Å². The summed E-state index contributed by atoms with van der Waals surface area (Å²) in [5, 5.41) is 2.63. The van der Waals surface area contributed by atoms with E-state index in [2.05, 4.69) is 10.0 Å². The maximum atomic E-state index is 13.0. The number of hydrogen-bond donors (Lipinski definition) is 2. The number of amides is 1. The summed E-state index contributed by atoms with van der Waals surface area (Å²) in [4.78, 5) is 12.0. The van der Waals surface area contributed by atoms with E-state index in [-0.39, 0.29) is 12.3 Å². The zero-order chi connectivity index (χ0) is 15.6. The van der Waals surface area contributed by atoms with E-state index in [0.29, 0.717) is 12.1 Å². The summed E-state index contributed by atoms with van der Waals surface area (Å²) in [5.41, 5.74) is 0.627. The lowest BCUT2D eigenvalue weighted by molar-refractivity contribution is -0.125. The first-order valence-electron chi connectivity index (χ1n) is 6.63. The van der Waals surface area contributed by atoms with Crippen LogP contribution in [-0.4, -0.2) is 38.3 Å². The topological polar surface area (TPSA) is 78.5 Å². The van der Waals surface area contributed by atoms with Crippen LogP contribution in [0.25, 0.3) is 0 Å². The van der Waals surface area contributed by atoms with Crippen LogP contribution in [0.2, 0.25) is 0 Å². The highest BCUT2D eigenvalue weighted by molar-refractivity contribution is 7.87. The van der Waals surface area contributed by atoms with Gasteiger partial charge in [0.15, 0.2) is 0 Å². The lowest BCUT2D eigenvalue weighted by atomic mass is 9.99. The second-order valence-electron chi connectivity index (χ2n) is 4.89. The third-order valence-corrected chi connectivity index (χ3v) is 5.09. The van der Waals surface area contributed by atoms with Crippen molar-refractivity contribution in [3.05, 3.63) is 35.6 Å². The number of likely N-dealkylation sites (N-methyl/N-ethyl adjacent to an activating group) is 2. The molecule has 1 aromatic rings. The molecule has 0 spiro atoms. The molecule has 1 fully saturated rings. The largest absolute Gasteiger partial charge is 0.355 e. The summed E-state index contributed by atoms with van der Waals surface area (Å²) in [6.07, 6.45) is 0.285. The van der Waals surface area contributed by atoms with Crippen LogP contribution in [0.4, 0.5) is 4.39 Å². The summed E-state index contributed by atoms with van der Waals surface area (Å²) in [7, 11) is -2.39. The van der Waals surface area contributed by atoms with Gasteiger partial charge in [-0.15, -0.1) is 0 Å². The molecular formula is C13H18FN3O3S. The van der Waals surface area contributed by atoms with Gasteiger partial charge in [-0.2, -0.15) is 17.4 Å². The molecule has 0 aliphatic carbocycles. The Balaban J connectivity index is 2.29. The van der Waals surface area contributed by atoms with E-state index in [0.717, 1.165) is 4.31 Å². The number of benzene rings is 1. The van der Waals surface area contributed by atoms with Crippen molar-refractivity contribution in [1.82, 2.24) is 14.3 Å². The summed E-state index contributed by atoms with van der Waals surface area (Å²) in [5.74, 6) is -0.730. The van der Waals surface area contributed by atoms with Crippen molar-refractivity contribution in [3.8, 4) is 0 Å². The average molecular weight is 315 g/mol. The fourth-order valence-electron chi connectivity index (χ4n) is 2.31. The summed E-state index contributed by atoms with van der Waals surface area (Å²) >= 11 is 0. The average Bonchev–Trinajstić information content (AvgIpc) is 2.42. The number of nitrogens with zero attached hydrogens (tertiary/aromatic N) is 1. The Morgan fingerprint density at radius 3 is 2.62 bits per heavy atom. The van der Waals surface area contributed by atoms with Gasteiger partial charge in [0, 0.05) is 19.6 Å². The van der Waals surface area contributed by atoms with Gasteiger partial charge in [-0.1, -0.05) is 12.1 Å². The van der Waals surface area contributed by atoms with Crippen molar-refractivity contribution in [3.63, 3.8) is 0 Å². The maximum absolute atomic E-state index is 13.0. The van der Waals surface area contributed by atoms with Crippen LogP contribution in [0.1, 0.15) is 24.9 Å². The van der Waals surface area contributed by atoms with E-state index in [1.165, 1.54) is 31.3 Å². The van der Waals surface area contributed by atoms with Crippen molar-refractivity contribution in [2.45, 2.75) is 25.4 Å². The number of rotatable bonds is 3. The predicted molar refractivity (Wildman–Crippen MR) is 76.0 cm³/mol. The van der Waals surface area contributed by atoms with Crippen LogP contribution >= 0.6 is 0 Å². The van der Waals surface area contributed by atoms with Gasteiger partial charge in [0.25, 0.3) is 10.2 Å². The molecule has 2 unspecified atom stereocenters. The minimum Gasteiger partial charge on any atom is -0.355 e. The first kappa shape index (κ1) is 15.9. The molecule has 8 heteroatoms. The Bertz CT molecular complexity index is 618. The minimum atomic E-state index is -3.75. The molecule has 0 radical (unpaired) electrons. The number of carbonyl (C=O) groups is 1. The molecule has 0 aromatic heterocycles. The molecule has 116 valence electrons. The van der Waals surface area contributed by atoms with E-state index in [9.17, 15) is 17.6 Å². The van der Waals surface area contributed by atoms with E-state index < -0.39 is 28.1 Å². The smallest absolute Gasteiger partial charge is 0.280 e. The minimum absolute atomic E-state index is 0.285. The standard InChI is InChI=1S/C13H18FN3O3S/c1-3-15-13(18)12-8-11(16-21(19,20)17(12)2)9-4-6-10(14)7-5-9/h4-7,11-12,16H,3,8H2,1-2H3,(H,15,18). The van der Waals surface area contributed by atoms with Crippen LogP contribution < -0.4 is 10.0 Å². The molecule has 1 aromatic carbocycles. The third kappa shape index (κ3) is 3.39. The van der Waals surface area contributed by atoms with E-state index >= 15 is 0 Å². The molecule has 6 nitrogen and oxygen atoms in total. The molecule has 2 N–H and O–H groups in total. The molecule has 1 aliphatic heterocycles. The molecule has 1 aliphatic rings. The number of nitrogens with one attached hydrogen (secondary N) is 2. The third-order valence-electron chi connectivity index (χ3n) is 3.49. The Labute approximate surface area is 123 Å². The Morgan fingerprint density at radius 1 is 1.43 bits per heavy atom. The Hall–Kier alpha value is -1.51. The summed E-state index contributed by atoms with van der Waals surface area (Å²) in [6.45, 7) is 2.20. The number of hydrogen-bond acceptors (Lipinski definition) is 3. The molecule has 1 heterocycles. The normalized spacial score (nSPS) is 25.5. The highest BCUT2D eigenvalue weighted by atomic mass is 32.2. The highest BCUT2D eigenvalue weighted by Crippen LogP contribution is 2.27. The molecule has 1 saturated heterocycles. The van der Waals surface area contributed by atoms with Crippen LogP contribution in [0.3, 0.4) is 0 Å². The molecule has 2 atom stereocenters. The Morgan fingerprint density at radius 2 is 2.05 bits per heavy atom. The van der Waals surface area contributed by atoms with Crippen LogP contribution in [0.15, 0.2) is 24.3 Å². The van der Waals surface area contributed by atoms with Gasteiger partial charge < -0.3 is 5.32 Å². The number of halogens is 1. The first-order valence-corrected chi connectivity index (χ1v) is 8.07. The molecule has 0 saturated carbocycles. The Kier molecular flexibility index (Phi) is 4.60. The van der Waals surface area contributed by atoms with E-state index in [1.807, 2.05) is 0 Å². The van der Waals surface area contributed by atoms with Crippen molar-refractivity contribution in [1.29, 1.82) is 0 Å². The summed E-state index contributed by atoms with van der Waals surface area (Å²) in [6, 6.07) is 4.22. The van der Waals surface area contributed by atoms with Gasteiger partial charge in [0.05, 0.1) is 0 Å². The first-order chi connectivity index (χ1) is 9.85. The van der Waals surface area contributed by atoms with Crippen molar-refractivity contribution in [2.75, 3.05) is 13.6 Å². The van der Waals surface area contributed by atoms with E-state index in [4.69, 9.17) is 0 Å². The van der Waals surface area contributed by atoms with Gasteiger partial charge in [0.1, 0.15) is 11.9 Å². The highest BCUT2D eigenvalue weighted by Gasteiger charge is 2.40. The second-order valence-corrected chi connectivity index (χ2v) is 6.65. The zero-order valence-corrected chi connectivity index (χ0v) is 12.7. The zero-order valence-electron chi connectivity index (χ0n) is 11.8. The van der Waals surface area contributed by atoms with Gasteiger partial charge >= 0.3 is 0 Å². The quantitative estimate of drug-likeness (QED) is 0.854. The molecule has 0 bridgehead atoms. The van der Waals surface area contributed by atoms with Crippen molar-refractivity contribution < 1.29 is 17.6 Å². The van der Waals surface area contributed by atoms with Gasteiger partial charge in [0.2, 0.25) is 5.91 Å². The van der Waals surface area contributed by atoms with Gasteiger partial charge in [-0.05, 0) is 31.0 Å². The van der Waals surface area contributed by atoms with Crippen LogP contribution in [0.5, 0.6) is 0 Å². The monoisotopic (exact) mass is 315 g/mol. The van der Waals surface area contributed by atoms with Gasteiger partial charge in [-0.3, -0.25) is 4.79 Å². The predicted octanol–water partition coefficient (Wildman–Crippen LogP) is 0.541. The van der Waals surface area contributed by atoms with Crippen LogP contribution in [-0.2, 0) is 15.0 Å². The number of carbonyl (C=O) groups excluding carboxylic acids is 1. The van der Waals surface area contributed by atoms with Crippen LogP contribution in [0, 0.1) is 5.82 Å².